The van der Waals surface area contributed by atoms with Gasteiger partial charge in [0.15, 0.2) is 0 Å². The van der Waals surface area contributed by atoms with Gasteiger partial charge in [-0.15, -0.1) is 0 Å². The third-order valence-electron chi connectivity index (χ3n) is 3.03. The Balaban J connectivity index is 2.19. The molecule has 0 fully saturated rings. The molecule has 4 nitrogen and oxygen atoms in total. The summed E-state index contributed by atoms with van der Waals surface area (Å²) in [5, 5.41) is 4.18. The second kappa shape index (κ2) is 7.22. The van der Waals surface area contributed by atoms with Gasteiger partial charge in [0.1, 0.15) is 6.33 Å². The van der Waals surface area contributed by atoms with Crippen molar-refractivity contribution in [1.82, 2.24) is 15.3 Å². The van der Waals surface area contributed by atoms with Crippen LogP contribution in [0.3, 0.4) is 0 Å². The third kappa shape index (κ3) is 3.92. The molecule has 0 aliphatic rings. The molecule has 5 heteroatoms. The Hall–Kier alpha value is -1.65. The van der Waals surface area contributed by atoms with Crippen molar-refractivity contribution in [2.45, 2.75) is 19.4 Å². The Kier molecular flexibility index (Phi) is 5.32. The summed E-state index contributed by atoms with van der Waals surface area (Å²) in [5.74, 6) is 0.578. The summed E-state index contributed by atoms with van der Waals surface area (Å²) in [5.41, 5.74) is 2.13. The molecule has 0 saturated heterocycles. The first-order valence-corrected chi connectivity index (χ1v) is 6.94. The topological polar surface area (TPSA) is 47.0 Å². The standard InChI is InChI=1S/C15H18ClN3O/c1-3-17-13(8-11-4-6-12(16)7-5-11)14-9-15(20-2)19-10-18-14/h4-7,9-10,13,17H,3,8H2,1-2H3. The van der Waals surface area contributed by atoms with E-state index in [9.17, 15) is 0 Å². The highest BCUT2D eigenvalue weighted by Crippen LogP contribution is 2.20. The number of nitrogens with zero attached hydrogens (tertiary/aromatic N) is 2. The van der Waals surface area contributed by atoms with Crippen LogP contribution in [0.4, 0.5) is 0 Å². The summed E-state index contributed by atoms with van der Waals surface area (Å²) in [7, 11) is 1.60. The maximum atomic E-state index is 5.91. The lowest BCUT2D eigenvalue weighted by molar-refractivity contribution is 0.393. The molecule has 2 rings (SSSR count). The van der Waals surface area contributed by atoms with Gasteiger partial charge in [-0.25, -0.2) is 9.97 Å². The molecule has 106 valence electrons. The van der Waals surface area contributed by atoms with Crippen LogP contribution in [0, 0.1) is 0 Å². The molecule has 0 spiro atoms. The first kappa shape index (κ1) is 14.8. The highest BCUT2D eigenvalue weighted by molar-refractivity contribution is 6.30. The summed E-state index contributed by atoms with van der Waals surface area (Å²) < 4.78 is 5.15. The van der Waals surface area contributed by atoms with E-state index < -0.39 is 0 Å². The van der Waals surface area contributed by atoms with E-state index in [1.165, 1.54) is 11.9 Å². The van der Waals surface area contributed by atoms with Gasteiger partial charge < -0.3 is 10.1 Å². The van der Waals surface area contributed by atoms with Gasteiger partial charge in [-0.05, 0) is 30.7 Å². The summed E-state index contributed by atoms with van der Waals surface area (Å²) in [6, 6.07) is 9.86. The van der Waals surface area contributed by atoms with Crippen molar-refractivity contribution in [2.75, 3.05) is 13.7 Å². The number of hydrogen-bond acceptors (Lipinski definition) is 4. The van der Waals surface area contributed by atoms with Crippen molar-refractivity contribution in [2.24, 2.45) is 0 Å². The lowest BCUT2D eigenvalue weighted by Crippen LogP contribution is -2.24. The predicted molar refractivity (Wildman–Crippen MR) is 80.2 cm³/mol. The van der Waals surface area contributed by atoms with Gasteiger partial charge in [-0.1, -0.05) is 30.7 Å². The number of rotatable bonds is 6. The fraction of sp³-hybridized carbons (Fsp3) is 0.333. The molecule has 0 bridgehead atoms. The lowest BCUT2D eigenvalue weighted by Gasteiger charge is -2.17. The van der Waals surface area contributed by atoms with Crippen LogP contribution in [0.1, 0.15) is 24.2 Å². The van der Waals surface area contributed by atoms with Crippen LogP contribution in [0.2, 0.25) is 5.02 Å². The molecule has 0 aliphatic carbocycles. The molecule has 1 unspecified atom stereocenters. The van der Waals surface area contributed by atoms with Crippen molar-refractivity contribution in [1.29, 1.82) is 0 Å². The summed E-state index contributed by atoms with van der Waals surface area (Å²) in [6.07, 6.45) is 2.37. The van der Waals surface area contributed by atoms with E-state index in [-0.39, 0.29) is 6.04 Å². The van der Waals surface area contributed by atoms with Crippen LogP contribution in [-0.4, -0.2) is 23.6 Å². The zero-order valence-corrected chi connectivity index (χ0v) is 12.4. The number of nitrogens with one attached hydrogen (secondary N) is 1. The number of aromatic nitrogens is 2. The van der Waals surface area contributed by atoms with Crippen LogP contribution < -0.4 is 10.1 Å². The zero-order chi connectivity index (χ0) is 14.4. The molecule has 20 heavy (non-hydrogen) atoms. The van der Waals surface area contributed by atoms with Crippen molar-refractivity contribution < 1.29 is 4.74 Å². The van der Waals surface area contributed by atoms with Gasteiger partial charge in [-0.2, -0.15) is 0 Å². The van der Waals surface area contributed by atoms with Crippen LogP contribution in [0.15, 0.2) is 36.7 Å². The van der Waals surface area contributed by atoms with Crippen LogP contribution in [0.5, 0.6) is 5.88 Å². The minimum Gasteiger partial charge on any atom is -0.481 e. The number of ether oxygens (including phenoxy) is 1. The normalized spacial score (nSPS) is 12.2. The molecule has 0 radical (unpaired) electrons. The third-order valence-corrected chi connectivity index (χ3v) is 3.28. The average molecular weight is 292 g/mol. The van der Waals surface area contributed by atoms with E-state index in [0.29, 0.717) is 5.88 Å². The SMILES string of the molecule is CCNC(Cc1ccc(Cl)cc1)c1cc(OC)ncn1. The minimum absolute atomic E-state index is 0.123. The largest absolute Gasteiger partial charge is 0.481 e. The highest BCUT2D eigenvalue weighted by atomic mass is 35.5. The van der Waals surface area contributed by atoms with E-state index in [1.54, 1.807) is 7.11 Å². The lowest BCUT2D eigenvalue weighted by atomic mass is 10.0. The van der Waals surface area contributed by atoms with Crippen LogP contribution in [-0.2, 0) is 6.42 Å². The Morgan fingerprint density at radius 2 is 2.00 bits per heavy atom. The number of methoxy groups -OCH3 is 1. The van der Waals surface area contributed by atoms with Crippen molar-refractivity contribution >= 4 is 11.6 Å². The van der Waals surface area contributed by atoms with Gasteiger partial charge in [-0.3, -0.25) is 0 Å². The van der Waals surface area contributed by atoms with Gasteiger partial charge in [0, 0.05) is 11.1 Å². The number of halogens is 1. The van der Waals surface area contributed by atoms with Gasteiger partial charge in [0.2, 0.25) is 5.88 Å². The zero-order valence-electron chi connectivity index (χ0n) is 11.6. The average Bonchev–Trinajstić information content (AvgIpc) is 2.49. The Labute approximate surface area is 124 Å². The van der Waals surface area contributed by atoms with Gasteiger partial charge in [0.05, 0.1) is 18.8 Å². The first-order chi connectivity index (χ1) is 9.72. The quantitative estimate of drug-likeness (QED) is 0.889. The highest BCUT2D eigenvalue weighted by Gasteiger charge is 2.14. The Morgan fingerprint density at radius 3 is 2.65 bits per heavy atom. The molecule has 1 atom stereocenters. The fourth-order valence-corrected chi connectivity index (χ4v) is 2.17. The second-order valence-corrected chi connectivity index (χ2v) is 4.86. The Morgan fingerprint density at radius 1 is 1.25 bits per heavy atom. The maximum Gasteiger partial charge on any atom is 0.216 e. The van der Waals surface area contributed by atoms with E-state index in [0.717, 1.165) is 23.7 Å². The number of hydrogen-bond donors (Lipinski definition) is 1. The van der Waals surface area contributed by atoms with E-state index in [2.05, 4.69) is 22.2 Å². The molecular weight excluding hydrogens is 274 g/mol. The predicted octanol–water partition coefficient (Wildman–Crippen LogP) is 3.03. The van der Waals surface area contributed by atoms with Gasteiger partial charge >= 0.3 is 0 Å². The summed E-state index contributed by atoms with van der Waals surface area (Å²) in [6.45, 7) is 2.94. The number of likely N-dealkylation sites (N-methyl/N-ethyl adjacent to an activating group) is 1. The molecular formula is C15H18ClN3O. The fourth-order valence-electron chi connectivity index (χ4n) is 2.04. The number of benzene rings is 1. The molecule has 0 saturated carbocycles. The van der Waals surface area contributed by atoms with E-state index in [1.807, 2.05) is 30.3 Å². The molecule has 1 aromatic heterocycles. The second-order valence-electron chi connectivity index (χ2n) is 4.43. The first-order valence-electron chi connectivity index (χ1n) is 6.56. The van der Waals surface area contributed by atoms with Gasteiger partial charge in [0.25, 0.3) is 0 Å². The van der Waals surface area contributed by atoms with E-state index in [4.69, 9.17) is 16.3 Å². The van der Waals surface area contributed by atoms with Crippen molar-refractivity contribution in [3.05, 3.63) is 52.9 Å². The van der Waals surface area contributed by atoms with Crippen LogP contribution >= 0.6 is 11.6 Å². The molecule has 1 N–H and O–H groups in total. The maximum absolute atomic E-state index is 5.91. The van der Waals surface area contributed by atoms with E-state index >= 15 is 0 Å². The molecule has 0 amide bonds. The minimum atomic E-state index is 0.123. The molecule has 1 heterocycles. The smallest absolute Gasteiger partial charge is 0.216 e. The summed E-state index contributed by atoms with van der Waals surface area (Å²) in [4.78, 5) is 8.38. The van der Waals surface area contributed by atoms with Crippen molar-refractivity contribution in [3.63, 3.8) is 0 Å². The molecule has 2 aromatic rings. The van der Waals surface area contributed by atoms with Crippen LogP contribution in [0.25, 0.3) is 0 Å². The monoisotopic (exact) mass is 291 g/mol. The van der Waals surface area contributed by atoms with Crippen molar-refractivity contribution in [3.8, 4) is 5.88 Å². The molecule has 0 aliphatic heterocycles. The molecule has 1 aromatic carbocycles. The Bertz CT molecular complexity index is 545. The summed E-state index contributed by atoms with van der Waals surface area (Å²) >= 11 is 5.91.